The zero-order valence-corrected chi connectivity index (χ0v) is 15.3. The first kappa shape index (κ1) is 18.3. The summed E-state index contributed by atoms with van der Waals surface area (Å²) in [4.78, 5) is 12.4. The number of ether oxygens (including phenoxy) is 2. The molecule has 0 aliphatic heterocycles. The molecule has 3 aromatic carbocycles. The van der Waals surface area contributed by atoms with E-state index in [2.05, 4.69) is 5.32 Å². The summed E-state index contributed by atoms with van der Waals surface area (Å²) in [5.74, 6) is 0.938. The van der Waals surface area contributed by atoms with Crippen LogP contribution in [0.1, 0.15) is 24.2 Å². The van der Waals surface area contributed by atoms with Crippen molar-refractivity contribution in [2.75, 3.05) is 11.1 Å². The Hall–Kier alpha value is -3.47. The molecule has 0 unspecified atom stereocenters. The highest BCUT2D eigenvalue weighted by Crippen LogP contribution is 2.33. The van der Waals surface area contributed by atoms with Crippen molar-refractivity contribution in [3.05, 3.63) is 78.4 Å². The molecule has 0 saturated heterocycles. The summed E-state index contributed by atoms with van der Waals surface area (Å²) >= 11 is 0. The second kappa shape index (κ2) is 8.27. The van der Waals surface area contributed by atoms with E-state index in [0.29, 0.717) is 22.7 Å². The molecular weight excluding hydrogens is 340 g/mol. The van der Waals surface area contributed by atoms with Gasteiger partial charge in [0.25, 0.3) is 0 Å². The van der Waals surface area contributed by atoms with Gasteiger partial charge in [0.15, 0.2) is 5.75 Å². The van der Waals surface area contributed by atoms with E-state index in [1.54, 1.807) is 32.0 Å². The molecule has 5 heteroatoms. The molecular formula is C22H22N2O3. The van der Waals surface area contributed by atoms with Crippen LogP contribution in [0.2, 0.25) is 0 Å². The van der Waals surface area contributed by atoms with E-state index in [4.69, 9.17) is 15.2 Å². The van der Waals surface area contributed by atoms with Gasteiger partial charge in [0, 0.05) is 5.69 Å². The SMILES string of the molecule is CC(C)OC(=O)c1cc(N)ccc1Nc1ccccc1Oc1ccccc1. The summed E-state index contributed by atoms with van der Waals surface area (Å²) in [6.07, 6.45) is -0.222. The summed E-state index contributed by atoms with van der Waals surface area (Å²) in [6, 6.07) is 22.1. The topological polar surface area (TPSA) is 73.6 Å². The molecule has 3 rings (SSSR count). The van der Waals surface area contributed by atoms with Crippen molar-refractivity contribution >= 4 is 23.0 Å². The third-order valence-electron chi connectivity index (χ3n) is 3.73. The maximum atomic E-state index is 12.4. The number of anilines is 3. The van der Waals surface area contributed by atoms with Gasteiger partial charge in [-0.05, 0) is 56.3 Å². The first-order valence-corrected chi connectivity index (χ1v) is 8.72. The molecule has 0 radical (unpaired) electrons. The normalized spacial score (nSPS) is 10.5. The standard InChI is InChI=1S/C22H22N2O3/c1-15(2)26-22(25)18-14-16(23)12-13-19(18)24-20-10-6-7-11-21(20)27-17-8-4-3-5-9-17/h3-15,24H,23H2,1-2H3. The number of carbonyl (C=O) groups is 1. The van der Waals surface area contributed by atoms with Crippen molar-refractivity contribution in [2.45, 2.75) is 20.0 Å². The lowest BCUT2D eigenvalue weighted by Gasteiger charge is -2.16. The molecule has 0 saturated carbocycles. The van der Waals surface area contributed by atoms with E-state index in [0.717, 1.165) is 11.4 Å². The van der Waals surface area contributed by atoms with Crippen molar-refractivity contribution in [1.29, 1.82) is 0 Å². The first-order chi connectivity index (χ1) is 13.0. The summed E-state index contributed by atoms with van der Waals surface area (Å²) < 4.78 is 11.3. The lowest BCUT2D eigenvalue weighted by molar-refractivity contribution is 0.0379. The van der Waals surface area contributed by atoms with Crippen LogP contribution >= 0.6 is 0 Å². The number of rotatable bonds is 6. The molecule has 3 N–H and O–H groups in total. The number of hydrogen-bond donors (Lipinski definition) is 2. The molecule has 0 spiro atoms. The average Bonchev–Trinajstić information content (AvgIpc) is 2.65. The third-order valence-corrected chi connectivity index (χ3v) is 3.73. The van der Waals surface area contributed by atoms with E-state index in [-0.39, 0.29) is 6.10 Å². The number of carbonyl (C=O) groups excluding carboxylic acids is 1. The number of nitrogens with one attached hydrogen (secondary N) is 1. The molecule has 0 bridgehead atoms. The fourth-order valence-corrected chi connectivity index (χ4v) is 2.54. The predicted octanol–water partition coefficient (Wildman–Crippen LogP) is 5.37. The molecule has 0 fully saturated rings. The Labute approximate surface area is 158 Å². The molecule has 0 aromatic heterocycles. The lowest BCUT2D eigenvalue weighted by Crippen LogP contribution is -2.13. The van der Waals surface area contributed by atoms with Gasteiger partial charge in [0.05, 0.1) is 23.0 Å². The van der Waals surface area contributed by atoms with Gasteiger partial charge in [-0.25, -0.2) is 4.79 Å². The second-order valence-electron chi connectivity index (χ2n) is 6.30. The first-order valence-electron chi connectivity index (χ1n) is 8.72. The quantitative estimate of drug-likeness (QED) is 0.455. The monoisotopic (exact) mass is 362 g/mol. The van der Waals surface area contributed by atoms with Gasteiger partial charge in [-0.2, -0.15) is 0 Å². The highest BCUT2D eigenvalue weighted by Gasteiger charge is 2.16. The average molecular weight is 362 g/mol. The van der Waals surface area contributed by atoms with Crippen molar-refractivity contribution in [1.82, 2.24) is 0 Å². The van der Waals surface area contributed by atoms with Crippen molar-refractivity contribution < 1.29 is 14.3 Å². The summed E-state index contributed by atoms with van der Waals surface area (Å²) in [7, 11) is 0. The fraction of sp³-hybridized carbons (Fsp3) is 0.136. The van der Waals surface area contributed by atoms with E-state index in [1.165, 1.54) is 0 Å². The number of nitrogen functional groups attached to an aromatic ring is 1. The van der Waals surface area contributed by atoms with E-state index >= 15 is 0 Å². The van der Waals surface area contributed by atoms with E-state index in [9.17, 15) is 4.79 Å². The van der Waals surface area contributed by atoms with Gasteiger partial charge in [-0.1, -0.05) is 30.3 Å². The van der Waals surface area contributed by atoms with Crippen molar-refractivity contribution in [2.24, 2.45) is 0 Å². The van der Waals surface area contributed by atoms with Gasteiger partial charge in [0.2, 0.25) is 0 Å². The maximum absolute atomic E-state index is 12.4. The number of esters is 1. The summed E-state index contributed by atoms with van der Waals surface area (Å²) in [6.45, 7) is 3.61. The largest absolute Gasteiger partial charge is 0.459 e. The number of nitrogens with two attached hydrogens (primary N) is 1. The molecule has 27 heavy (non-hydrogen) atoms. The Morgan fingerprint density at radius 3 is 2.37 bits per heavy atom. The molecule has 138 valence electrons. The van der Waals surface area contributed by atoms with Gasteiger partial charge in [-0.3, -0.25) is 0 Å². The summed E-state index contributed by atoms with van der Waals surface area (Å²) in [5, 5.41) is 3.26. The van der Waals surface area contributed by atoms with Crippen LogP contribution in [-0.2, 0) is 4.74 Å². The molecule has 0 heterocycles. The Bertz CT molecular complexity index is 924. The van der Waals surface area contributed by atoms with Crippen molar-refractivity contribution in [3.63, 3.8) is 0 Å². The maximum Gasteiger partial charge on any atom is 0.340 e. The van der Waals surface area contributed by atoms with Crippen LogP contribution in [0.25, 0.3) is 0 Å². The molecule has 3 aromatic rings. The molecule has 0 atom stereocenters. The van der Waals surface area contributed by atoms with Crippen LogP contribution in [0.15, 0.2) is 72.8 Å². The fourth-order valence-electron chi connectivity index (χ4n) is 2.54. The van der Waals surface area contributed by atoms with Gasteiger partial charge < -0.3 is 20.5 Å². The minimum absolute atomic E-state index is 0.222. The zero-order valence-electron chi connectivity index (χ0n) is 15.3. The Morgan fingerprint density at radius 1 is 0.926 bits per heavy atom. The minimum atomic E-state index is -0.429. The summed E-state index contributed by atoms with van der Waals surface area (Å²) in [5.41, 5.74) is 8.05. The Balaban J connectivity index is 1.91. The van der Waals surface area contributed by atoms with Crippen LogP contribution in [0.5, 0.6) is 11.5 Å². The number of hydrogen-bond acceptors (Lipinski definition) is 5. The van der Waals surface area contributed by atoms with Crippen LogP contribution in [0, 0.1) is 0 Å². The second-order valence-corrected chi connectivity index (χ2v) is 6.30. The Kier molecular flexibility index (Phi) is 5.61. The highest BCUT2D eigenvalue weighted by molar-refractivity contribution is 5.98. The van der Waals surface area contributed by atoms with Gasteiger partial charge in [-0.15, -0.1) is 0 Å². The number of benzene rings is 3. The van der Waals surface area contributed by atoms with Gasteiger partial charge >= 0.3 is 5.97 Å². The van der Waals surface area contributed by atoms with Crippen LogP contribution < -0.4 is 15.8 Å². The highest BCUT2D eigenvalue weighted by atomic mass is 16.5. The molecule has 0 aliphatic carbocycles. The van der Waals surface area contributed by atoms with Crippen molar-refractivity contribution in [3.8, 4) is 11.5 Å². The zero-order chi connectivity index (χ0) is 19.2. The van der Waals surface area contributed by atoms with Crippen LogP contribution in [0.3, 0.4) is 0 Å². The van der Waals surface area contributed by atoms with Crippen LogP contribution in [0.4, 0.5) is 17.1 Å². The smallest absolute Gasteiger partial charge is 0.340 e. The Morgan fingerprint density at radius 2 is 1.63 bits per heavy atom. The molecule has 0 amide bonds. The molecule has 0 aliphatic rings. The lowest BCUT2D eigenvalue weighted by atomic mass is 10.1. The third kappa shape index (κ3) is 4.79. The number of para-hydroxylation sites is 3. The van der Waals surface area contributed by atoms with Gasteiger partial charge in [0.1, 0.15) is 5.75 Å². The van der Waals surface area contributed by atoms with Crippen LogP contribution in [-0.4, -0.2) is 12.1 Å². The van der Waals surface area contributed by atoms with E-state index in [1.807, 2.05) is 54.6 Å². The predicted molar refractivity (Wildman–Crippen MR) is 108 cm³/mol. The minimum Gasteiger partial charge on any atom is -0.459 e. The van der Waals surface area contributed by atoms with E-state index < -0.39 is 5.97 Å². The molecule has 5 nitrogen and oxygen atoms in total.